The van der Waals surface area contributed by atoms with E-state index in [1.54, 1.807) is 40.9 Å². The SMILES string of the molecule is Cc1nc2cc(=O)[nH]n2c(C)c1CC(=O)Nc1ccc(Oc2ccccc2Cl)cc1. The Bertz CT molecular complexity index is 1290. The Labute approximate surface area is 177 Å². The molecule has 152 valence electrons. The Kier molecular flexibility index (Phi) is 5.29. The highest BCUT2D eigenvalue weighted by atomic mass is 35.5. The van der Waals surface area contributed by atoms with Crippen LogP contribution in [0.25, 0.3) is 5.65 Å². The molecule has 0 fully saturated rings. The van der Waals surface area contributed by atoms with Crippen molar-refractivity contribution in [1.82, 2.24) is 14.6 Å². The number of H-pyrrole nitrogens is 1. The van der Waals surface area contributed by atoms with E-state index in [1.165, 1.54) is 6.07 Å². The average molecular weight is 423 g/mol. The monoisotopic (exact) mass is 422 g/mol. The topological polar surface area (TPSA) is 88.5 Å². The van der Waals surface area contributed by atoms with Gasteiger partial charge in [0.2, 0.25) is 5.91 Å². The molecule has 4 aromatic rings. The Morgan fingerprint density at radius 2 is 1.90 bits per heavy atom. The second-order valence-corrected chi connectivity index (χ2v) is 7.26. The molecule has 1 amide bonds. The molecule has 0 bridgehead atoms. The molecule has 2 N–H and O–H groups in total. The number of nitrogens with one attached hydrogen (secondary N) is 2. The van der Waals surface area contributed by atoms with Crippen LogP contribution in [-0.2, 0) is 11.2 Å². The summed E-state index contributed by atoms with van der Waals surface area (Å²) in [4.78, 5) is 28.6. The molecule has 0 aliphatic heterocycles. The smallest absolute Gasteiger partial charge is 0.266 e. The third-order valence-corrected chi connectivity index (χ3v) is 5.05. The first-order valence-corrected chi connectivity index (χ1v) is 9.68. The fraction of sp³-hybridized carbons (Fsp3) is 0.136. The summed E-state index contributed by atoms with van der Waals surface area (Å²) in [5.41, 5.74) is 3.21. The molecule has 8 heteroatoms. The van der Waals surface area contributed by atoms with E-state index in [-0.39, 0.29) is 17.9 Å². The zero-order valence-corrected chi connectivity index (χ0v) is 17.2. The van der Waals surface area contributed by atoms with Gasteiger partial charge in [-0.3, -0.25) is 14.7 Å². The number of amides is 1. The number of halogens is 1. The zero-order valence-electron chi connectivity index (χ0n) is 16.4. The zero-order chi connectivity index (χ0) is 21.3. The molecule has 2 heterocycles. The molecule has 0 atom stereocenters. The van der Waals surface area contributed by atoms with Crippen LogP contribution in [-0.4, -0.2) is 20.5 Å². The molecule has 30 heavy (non-hydrogen) atoms. The van der Waals surface area contributed by atoms with Gasteiger partial charge in [0, 0.05) is 28.7 Å². The van der Waals surface area contributed by atoms with Crippen molar-refractivity contribution < 1.29 is 9.53 Å². The van der Waals surface area contributed by atoms with Crippen molar-refractivity contribution in [2.75, 3.05) is 5.32 Å². The molecular formula is C22H19ClN4O3. The van der Waals surface area contributed by atoms with Gasteiger partial charge in [0.25, 0.3) is 5.56 Å². The third kappa shape index (κ3) is 4.06. The summed E-state index contributed by atoms with van der Waals surface area (Å²) in [6.07, 6.45) is 0.138. The number of ether oxygens (including phenoxy) is 1. The molecule has 7 nitrogen and oxygen atoms in total. The number of para-hydroxylation sites is 1. The highest BCUT2D eigenvalue weighted by molar-refractivity contribution is 6.32. The average Bonchev–Trinajstić information content (AvgIpc) is 3.09. The van der Waals surface area contributed by atoms with Gasteiger partial charge in [-0.1, -0.05) is 23.7 Å². The predicted octanol–water partition coefficient (Wildman–Crippen LogP) is 4.27. The lowest BCUT2D eigenvalue weighted by Crippen LogP contribution is -2.17. The van der Waals surface area contributed by atoms with Gasteiger partial charge in [-0.05, 0) is 50.2 Å². The quantitative estimate of drug-likeness (QED) is 0.502. The molecule has 4 rings (SSSR count). The van der Waals surface area contributed by atoms with Crippen LogP contribution >= 0.6 is 11.6 Å². The van der Waals surface area contributed by atoms with Gasteiger partial charge in [-0.15, -0.1) is 0 Å². The van der Waals surface area contributed by atoms with Gasteiger partial charge in [-0.2, -0.15) is 0 Å². The largest absolute Gasteiger partial charge is 0.456 e. The summed E-state index contributed by atoms with van der Waals surface area (Å²) in [5.74, 6) is 0.989. The molecule has 0 aliphatic rings. The van der Waals surface area contributed by atoms with Crippen LogP contribution in [0.15, 0.2) is 59.4 Å². The lowest BCUT2D eigenvalue weighted by atomic mass is 10.1. The van der Waals surface area contributed by atoms with E-state index in [2.05, 4.69) is 15.4 Å². The lowest BCUT2D eigenvalue weighted by molar-refractivity contribution is -0.115. The van der Waals surface area contributed by atoms with E-state index in [4.69, 9.17) is 16.3 Å². The Balaban J connectivity index is 1.46. The second-order valence-electron chi connectivity index (χ2n) is 6.86. The van der Waals surface area contributed by atoms with Gasteiger partial charge in [-0.25, -0.2) is 9.50 Å². The number of hydrogen-bond acceptors (Lipinski definition) is 4. The first-order chi connectivity index (χ1) is 14.4. The Morgan fingerprint density at radius 3 is 2.63 bits per heavy atom. The highest BCUT2D eigenvalue weighted by Gasteiger charge is 2.14. The van der Waals surface area contributed by atoms with Gasteiger partial charge >= 0.3 is 0 Å². The minimum absolute atomic E-state index is 0.138. The number of anilines is 1. The van der Waals surface area contributed by atoms with Crippen molar-refractivity contribution in [3.8, 4) is 11.5 Å². The molecule has 0 saturated carbocycles. The molecule has 0 spiro atoms. The summed E-state index contributed by atoms with van der Waals surface area (Å²) in [5, 5.41) is 6.09. The van der Waals surface area contributed by atoms with Crippen LogP contribution < -0.4 is 15.6 Å². The van der Waals surface area contributed by atoms with Crippen molar-refractivity contribution in [3.63, 3.8) is 0 Å². The van der Waals surface area contributed by atoms with E-state index < -0.39 is 0 Å². The number of carbonyl (C=O) groups is 1. The molecular weight excluding hydrogens is 404 g/mol. The number of nitrogens with zero attached hydrogens (tertiary/aromatic N) is 2. The van der Waals surface area contributed by atoms with Gasteiger partial charge in [0.1, 0.15) is 11.5 Å². The fourth-order valence-corrected chi connectivity index (χ4v) is 3.41. The number of aryl methyl sites for hydroxylation is 2. The van der Waals surface area contributed by atoms with Crippen LogP contribution in [0.5, 0.6) is 11.5 Å². The van der Waals surface area contributed by atoms with Crippen LogP contribution in [0.4, 0.5) is 5.69 Å². The molecule has 0 aliphatic carbocycles. The van der Waals surface area contributed by atoms with Gasteiger partial charge < -0.3 is 10.1 Å². The molecule has 0 unspecified atom stereocenters. The molecule has 0 saturated heterocycles. The van der Waals surface area contributed by atoms with E-state index in [0.29, 0.717) is 33.6 Å². The minimum Gasteiger partial charge on any atom is -0.456 e. The number of benzene rings is 2. The second kappa shape index (κ2) is 8.04. The number of aromatic nitrogens is 3. The molecule has 2 aromatic carbocycles. The number of rotatable bonds is 5. The Hall–Kier alpha value is -3.58. The van der Waals surface area contributed by atoms with Crippen LogP contribution in [0.3, 0.4) is 0 Å². The van der Waals surface area contributed by atoms with Crippen molar-refractivity contribution in [2.24, 2.45) is 0 Å². The van der Waals surface area contributed by atoms with E-state index in [1.807, 2.05) is 26.0 Å². The van der Waals surface area contributed by atoms with Crippen LogP contribution in [0.2, 0.25) is 5.02 Å². The predicted molar refractivity (Wildman–Crippen MR) is 116 cm³/mol. The van der Waals surface area contributed by atoms with Crippen molar-refractivity contribution >= 4 is 28.8 Å². The number of hydrogen-bond donors (Lipinski definition) is 2. The maximum atomic E-state index is 12.6. The summed E-state index contributed by atoms with van der Waals surface area (Å²) in [6, 6.07) is 15.7. The fourth-order valence-electron chi connectivity index (χ4n) is 3.24. The standard InChI is InChI=1S/C22H19ClN4O3/c1-13-17(14(2)27-20(24-13)12-22(29)26-27)11-21(28)25-15-7-9-16(10-8-15)30-19-6-4-3-5-18(19)23/h3-10,12H,11H2,1-2H3,(H,25,28)(H,26,29). The van der Waals surface area contributed by atoms with Crippen LogP contribution in [0.1, 0.15) is 17.0 Å². The number of carbonyl (C=O) groups excluding carboxylic acids is 1. The number of fused-ring (bicyclic) bond motifs is 1. The number of aromatic amines is 1. The summed E-state index contributed by atoms with van der Waals surface area (Å²) in [7, 11) is 0. The van der Waals surface area contributed by atoms with Gasteiger partial charge in [0.15, 0.2) is 5.65 Å². The normalized spacial score (nSPS) is 10.9. The highest BCUT2D eigenvalue weighted by Crippen LogP contribution is 2.29. The molecule has 2 aromatic heterocycles. The van der Waals surface area contributed by atoms with E-state index in [9.17, 15) is 9.59 Å². The van der Waals surface area contributed by atoms with Crippen molar-refractivity contribution in [3.05, 3.63) is 86.9 Å². The molecule has 0 radical (unpaired) electrons. The summed E-state index contributed by atoms with van der Waals surface area (Å²) >= 11 is 6.11. The lowest BCUT2D eigenvalue weighted by Gasteiger charge is -2.12. The minimum atomic E-state index is -0.231. The summed E-state index contributed by atoms with van der Waals surface area (Å²) < 4.78 is 7.35. The Morgan fingerprint density at radius 1 is 1.17 bits per heavy atom. The third-order valence-electron chi connectivity index (χ3n) is 4.74. The van der Waals surface area contributed by atoms with Gasteiger partial charge in [0.05, 0.1) is 11.4 Å². The maximum Gasteiger partial charge on any atom is 0.266 e. The van der Waals surface area contributed by atoms with Crippen molar-refractivity contribution in [1.29, 1.82) is 0 Å². The van der Waals surface area contributed by atoms with Crippen LogP contribution in [0, 0.1) is 13.8 Å². The first kappa shape index (κ1) is 19.7. The van der Waals surface area contributed by atoms with E-state index >= 15 is 0 Å². The summed E-state index contributed by atoms with van der Waals surface area (Å²) in [6.45, 7) is 3.68. The first-order valence-electron chi connectivity index (χ1n) is 9.31. The maximum absolute atomic E-state index is 12.6. The van der Waals surface area contributed by atoms with E-state index in [0.717, 1.165) is 11.3 Å². The van der Waals surface area contributed by atoms with Crippen molar-refractivity contribution in [2.45, 2.75) is 20.3 Å².